The molecular formula is C12H24ClN2OS. The highest BCUT2D eigenvalue weighted by Crippen LogP contribution is 2.09. The van der Waals surface area contributed by atoms with E-state index in [0.717, 1.165) is 38.2 Å². The summed E-state index contributed by atoms with van der Waals surface area (Å²) in [7, 11) is 0. The molecule has 1 rings (SSSR count). The Bertz CT molecular complexity index is 195. The van der Waals surface area contributed by atoms with Crippen molar-refractivity contribution in [2.45, 2.75) is 49.8 Å². The van der Waals surface area contributed by atoms with Crippen molar-refractivity contribution in [2.75, 3.05) is 25.4 Å². The van der Waals surface area contributed by atoms with E-state index >= 15 is 0 Å². The van der Waals surface area contributed by atoms with Gasteiger partial charge in [-0.1, -0.05) is 19.3 Å². The van der Waals surface area contributed by atoms with Gasteiger partial charge in [0.2, 0.25) is 0 Å². The molecule has 0 spiro atoms. The highest BCUT2D eigenvalue weighted by Gasteiger charge is 2.25. The summed E-state index contributed by atoms with van der Waals surface area (Å²) in [5.74, 6) is 0.727. The van der Waals surface area contributed by atoms with Crippen molar-refractivity contribution >= 4 is 22.8 Å². The van der Waals surface area contributed by atoms with Gasteiger partial charge in [0, 0.05) is 5.38 Å². The van der Waals surface area contributed by atoms with Crippen LogP contribution in [0.15, 0.2) is 0 Å². The van der Waals surface area contributed by atoms with Crippen molar-refractivity contribution in [3.05, 3.63) is 0 Å². The number of unbranched alkanes of at least 4 members (excludes halogenated alkanes) is 3. The molecule has 0 aromatic carbocycles. The Morgan fingerprint density at radius 1 is 1.41 bits per heavy atom. The molecule has 3 atom stereocenters. The molecule has 1 radical (unpaired) electrons. The average Bonchev–Trinajstić information content (AvgIpc) is 2.30. The summed E-state index contributed by atoms with van der Waals surface area (Å²) < 4.78 is 11.6. The SMILES string of the molecule is CC(Cl)CCCCCCNC1C[N]CC[S+]1[O-]. The van der Waals surface area contributed by atoms with Gasteiger partial charge in [0.05, 0.1) is 13.1 Å². The van der Waals surface area contributed by atoms with Crippen LogP contribution in [0.1, 0.15) is 39.0 Å². The predicted molar refractivity (Wildman–Crippen MR) is 75.1 cm³/mol. The Balaban J connectivity index is 1.89. The van der Waals surface area contributed by atoms with Crippen LogP contribution in [0.3, 0.4) is 0 Å². The van der Waals surface area contributed by atoms with E-state index < -0.39 is 11.2 Å². The summed E-state index contributed by atoms with van der Waals surface area (Å²) in [6, 6.07) is 0. The molecule has 1 aliphatic rings. The molecule has 1 saturated heterocycles. The largest absolute Gasteiger partial charge is 0.615 e. The lowest BCUT2D eigenvalue weighted by Crippen LogP contribution is -2.49. The van der Waals surface area contributed by atoms with Crippen LogP contribution in [0.4, 0.5) is 0 Å². The molecule has 3 unspecified atom stereocenters. The standard InChI is InChI=1S/C12H24ClN2OS/c1-11(13)6-4-2-3-5-7-15-12-10-14-8-9-17(12)16/h11-12,15H,2-10H2,1H3. The number of nitrogens with one attached hydrogen (secondary N) is 1. The normalized spacial score (nSPS) is 27.0. The van der Waals surface area contributed by atoms with Crippen LogP contribution < -0.4 is 10.6 Å². The Morgan fingerprint density at radius 2 is 2.18 bits per heavy atom. The maximum Gasteiger partial charge on any atom is 0.181 e. The second kappa shape index (κ2) is 9.45. The molecule has 0 aromatic rings. The lowest BCUT2D eigenvalue weighted by atomic mass is 10.1. The summed E-state index contributed by atoms with van der Waals surface area (Å²) in [4.78, 5) is 0. The zero-order valence-corrected chi connectivity index (χ0v) is 12.2. The van der Waals surface area contributed by atoms with E-state index in [0.29, 0.717) is 5.38 Å². The molecule has 1 heterocycles. The Labute approximate surface area is 113 Å². The fraction of sp³-hybridized carbons (Fsp3) is 1.00. The van der Waals surface area contributed by atoms with Crippen molar-refractivity contribution in [3.8, 4) is 0 Å². The number of halogens is 1. The molecule has 1 N–H and O–H groups in total. The topological polar surface area (TPSA) is 49.2 Å². The Hall–Kier alpha value is 0.520. The summed E-state index contributed by atoms with van der Waals surface area (Å²) >= 11 is 5.16. The summed E-state index contributed by atoms with van der Waals surface area (Å²) in [5.41, 5.74) is 0. The molecule has 0 aromatic heterocycles. The van der Waals surface area contributed by atoms with Gasteiger partial charge in [0.15, 0.2) is 5.37 Å². The van der Waals surface area contributed by atoms with E-state index in [1.165, 1.54) is 19.3 Å². The van der Waals surface area contributed by atoms with Gasteiger partial charge in [-0.05, 0) is 37.5 Å². The Morgan fingerprint density at radius 3 is 2.88 bits per heavy atom. The number of rotatable bonds is 8. The minimum absolute atomic E-state index is 0.103. The quantitative estimate of drug-likeness (QED) is 0.419. The first-order valence-electron chi connectivity index (χ1n) is 6.58. The predicted octanol–water partition coefficient (Wildman–Crippen LogP) is 1.85. The monoisotopic (exact) mass is 279 g/mol. The van der Waals surface area contributed by atoms with Crippen molar-refractivity contribution in [2.24, 2.45) is 0 Å². The summed E-state index contributed by atoms with van der Waals surface area (Å²) in [6.07, 6.45) is 5.96. The van der Waals surface area contributed by atoms with E-state index in [2.05, 4.69) is 10.6 Å². The minimum Gasteiger partial charge on any atom is -0.615 e. The third-order valence-electron chi connectivity index (χ3n) is 2.96. The molecule has 3 nitrogen and oxygen atoms in total. The van der Waals surface area contributed by atoms with Crippen molar-refractivity contribution in [1.29, 1.82) is 0 Å². The van der Waals surface area contributed by atoms with Crippen LogP contribution >= 0.6 is 11.6 Å². The zero-order chi connectivity index (χ0) is 12.5. The Kier molecular flexibility index (Phi) is 8.66. The molecular weight excluding hydrogens is 256 g/mol. The number of hydrogen-bond donors (Lipinski definition) is 1. The first kappa shape index (κ1) is 15.6. The van der Waals surface area contributed by atoms with Gasteiger partial charge in [-0.15, -0.1) is 11.6 Å². The van der Waals surface area contributed by atoms with E-state index in [1.54, 1.807) is 0 Å². The van der Waals surface area contributed by atoms with Crippen LogP contribution in [0, 0.1) is 0 Å². The second-order valence-corrected chi connectivity index (χ2v) is 7.12. The number of nitrogens with zero attached hydrogens (tertiary/aromatic N) is 1. The summed E-state index contributed by atoms with van der Waals surface area (Å²) in [5, 5.41) is 8.05. The first-order valence-corrected chi connectivity index (χ1v) is 8.40. The van der Waals surface area contributed by atoms with E-state index in [1.807, 2.05) is 6.92 Å². The molecule has 0 aliphatic carbocycles. The van der Waals surface area contributed by atoms with Gasteiger partial charge < -0.3 is 4.55 Å². The van der Waals surface area contributed by atoms with Gasteiger partial charge in [-0.25, -0.2) is 5.32 Å². The first-order chi connectivity index (χ1) is 8.20. The van der Waals surface area contributed by atoms with Crippen LogP contribution in [-0.4, -0.2) is 40.7 Å². The second-order valence-electron chi connectivity index (χ2n) is 4.64. The van der Waals surface area contributed by atoms with Gasteiger partial charge in [-0.3, -0.25) is 5.32 Å². The molecule has 17 heavy (non-hydrogen) atoms. The van der Waals surface area contributed by atoms with Gasteiger partial charge in [-0.2, -0.15) is 0 Å². The maximum atomic E-state index is 11.6. The lowest BCUT2D eigenvalue weighted by molar-refractivity contribution is 0.489. The average molecular weight is 280 g/mol. The molecule has 0 saturated carbocycles. The molecule has 5 heteroatoms. The number of hydrogen-bond acceptors (Lipinski definition) is 2. The molecule has 101 valence electrons. The van der Waals surface area contributed by atoms with Crippen molar-refractivity contribution in [3.63, 3.8) is 0 Å². The van der Waals surface area contributed by atoms with Crippen LogP contribution in [0.2, 0.25) is 0 Å². The maximum absolute atomic E-state index is 11.6. The van der Waals surface area contributed by atoms with Crippen LogP contribution in [-0.2, 0) is 11.2 Å². The van der Waals surface area contributed by atoms with Gasteiger partial charge in [0.25, 0.3) is 0 Å². The third kappa shape index (κ3) is 7.52. The third-order valence-corrected chi connectivity index (χ3v) is 4.72. The number of alkyl halides is 1. The van der Waals surface area contributed by atoms with Gasteiger partial charge >= 0.3 is 0 Å². The van der Waals surface area contributed by atoms with E-state index in [-0.39, 0.29) is 5.37 Å². The lowest BCUT2D eigenvalue weighted by Gasteiger charge is -2.26. The molecule has 1 fully saturated rings. The highest BCUT2D eigenvalue weighted by atomic mass is 35.5. The van der Waals surface area contributed by atoms with Crippen LogP contribution in [0.25, 0.3) is 0 Å². The van der Waals surface area contributed by atoms with Crippen molar-refractivity contribution < 1.29 is 4.55 Å². The van der Waals surface area contributed by atoms with Crippen LogP contribution in [0.5, 0.6) is 0 Å². The highest BCUT2D eigenvalue weighted by molar-refractivity contribution is 7.92. The summed E-state index contributed by atoms with van der Waals surface area (Å²) in [6.45, 7) is 4.49. The van der Waals surface area contributed by atoms with E-state index in [4.69, 9.17) is 11.6 Å². The van der Waals surface area contributed by atoms with Crippen molar-refractivity contribution in [1.82, 2.24) is 10.6 Å². The van der Waals surface area contributed by atoms with E-state index in [9.17, 15) is 4.55 Å². The molecule has 0 bridgehead atoms. The fourth-order valence-corrected chi connectivity index (χ4v) is 3.24. The molecule has 1 aliphatic heterocycles. The van der Waals surface area contributed by atoms with Gasteiger partial charge in [0.1, 0.15) is 5.75 Å². The smallest absolute Gasteiger partial charge is 0.181 e. The zero-order valence-electron chi connectivity index (χ0n) is 10.7. The fourth-order valence-electron chi connectivity index (χ4n) is 1.91. The molecule has 0 amide bonds. The minimum atomic E-state index is -0.715.